The van der Waals surface area contributed by atoms with Crippen LogP contribution in [0.1, 0.15) is 22.4 Å². The van der Waals surface area contributed by atoms with Crippen molar-refractivity contribution in [2.24, 2.45) is 0 Å². The standard InChI is InChI=1S/C21H15ClN2O2/c1-13-18(21(26)24(23-13)16-7-4-6-15(22)11-16)12-19-17-8-3-2-5-14(17)9-10-20(19)25/h2-12,23H,1H3. The van der Waals surface area contributed by atoms with Gasteiger partial charge >= 0.3 is 0 Å². The summed E-state index contributed by atoms with van der Waals surface area (Å²) in [6.45, 7) is 1.81. The van der Waals surface area contributed by atoms with Crippen molar-refractivity contribution in [3.63, 3.8) is 0 Å². The second-order valence-electron chi connectivity index (χ2n) is 6.11. The molecule has 5 heteroatoms. The van der Waals surface area contributed by atoms with Gasteiger partial charge in [0.15, 0.2) is 5.78 Å². The van der Waals surface area contributed by atoms with E-state index in [0.717, 1.165) is 11.1 Å². The molecule has 3 aromatic rings. The summed E-state index contributed by atoms with van der Waals surface area (Å²) >= 11 is 6.03. The Morgan fingerprint density at radius 3 is 2.65 bits per heavy atom. The predicted octanol–water partition coefficient (Wildman–Crippen LogP) is 4.26. The van der Waals surface area contributed by atoms with Gasteiger partial charge in [-0.25, -0.2) is 4.68 Å². The highest BCUT2D eigenvalue weighted by Crippen LogP contribution is 2.28. The number of H-pyrrole nitrogens is 1. The molecular weight excluding hydrogens is 348 g/mol. The zero-order chi connectivity index (χ0) is 18.3. The first-order chi connectivity index (χ1) is 12.5. The number of halogens is 1. The van der Waals surface area contributed by atoms with Crippen LogP contribution >= 0.6 is 11.6 Å². The molecule has 128 valence electrons. The Morgan fingerprint density at radius 1 is 1.04 bits per heavy atom. The number of aromatic amines is 1. The number of nitrogens with zero attached hydrogens (tertiary/aromatic N) is 1. The van der Waals surface area contributed by atoms with Crippen LogP contribution in [0.3, 0.4) is 0 Å². The van der Waals surface area contributed by atoms with Crippen LogP contribution < -0.4 is 5.56 Å². The second kappa shape index (κ2) is 6.32. The van der Waals surface area contributed by atoms with E-state index < -0.39 is 0 Å². The first kappa shape index (κ1) is 16.4. The number of hydrogen-bond acceptors (Lipinski definition) is 2. The number of carbonyl (C=O) groups excluding carboxylic acids is 1. The minimum atomic E-state index is -0.225. The Bertz CT molecular complexity index is 1150. The molecular formula is C21H15ClN2O2. The van der Waals surface area contributed by atoms with Crippen molar-refractivity contribution in [2.45, 2.75) is 6.92 Å². The lowest BCUT2D eigenvalue weighted by molar-refractivity contribution is -0.109. The zero-order valence-corrected chi connectivity index (χ0v) is 14.7. The molecule has 1 heterocycles. The van der Waals surface area contributed by atoms with Crippen molar-refractivity contribution in [3.05, 3.63) is 92.4 Å². The Kier molecular flexibility index (Phi) is 3.98. The van der Waals surface area contributed by atoms with Gasteiger partial charge in [0.05, 0.1) is 11.3 Å². The molecule has 0 radical (unpaired) electrons. The summed E-state index contributed by atoms with van der Waals surface area (Å²) in [5.74, 6) is -0.113. The fourth-order valence-corrected chi connectivity index (χ4v) is 3.28. The van der Waals surface area contributed by atoms with Gasteiger partial charge in [-0.2, -0.15) is 0 Å². The summed E-state index contributed by atoms with van der Waals surface area (Å²) in [6.07, 6.45) is 4.99. The van der Waals surface area contributed by atoms with E-state index in [-0.39, 0.29) is 11.3 Å². The minimum Gasteiger partial charge on any atom is -0.295 e. The zero-order valence-electron chi connectivity index (χ0n) is 14.0. The molecule has 0 unspecified atom stereocenters. The first-order valence-electron chi connectivity index (χ1n) is 8.15. The van der Waals surface area contributed by atoms with Crippen LogP contribution in [0.2, 0.25) is 5.02 Å². The Balaban J connectivity index is 1.88. The monoisotopic (exact) mass is 362 g/mol. The van der Waals surface area contributed by atoms with Gasteiger partial charge in [-0.3, -0.25) is 14.7 Å². The van der Waals surface area contributed by atoms with E-state index in [1.165, 1.54) is 10.8 Å². The molecule has 0 amide bonds. The van der Waals surface area contributed by atoms with Crippen LogP contribution in [0.5, 0.6) is 0 Å². The van der Waals surface area contributed by atoms with E-state index >= 15 is 0 Å². The third-order valence-electron chi connectivity index (χ3n) is 4.40. The normalized spacial score (nSPS) is 14.7. The molecule has 0 saturated carbocycles. The van der Waals surface area contributed by atoms with Crippen LogP contribution in [-0.2, 0) is 4.79 Å². The maximum Gasteiger partial charge on any atom is 0.278 e. The molecule has 1 N–H and O–H groups in total. The smallest absolute Gasteiger partial charge is 0.278 e. The molecule has 0 fully saturated rings. The van der Waals surface area contributed by atoms with Crippen LogP contribution in [0.25, 0.3) is 23.4 Å². The van der Waals surface area contributed by atoms with Gasteiger partial charge in [-0.1, -0.05) is 48.0 Å². The van der Waals surface area contributed by atoms with Crippen molar-refractivity contribution in [2.75, 3.05) is 0 Å². The van der Waals surface area contributed by atoms with E-state index in [1.54, 1.807) is 36.4 Å². The maximum atomic E-state index is 12.9. The fourth-order valence-electron chi connectivity index (χ4n) is 3.10. The van der Waals surface area contributed by atoms with E-state index in [0.29, 0.717) is 27.5 Å². The molecule has 0 atom stereocenters. The molecule has 1 aliphatic carbocycles. The van der Waals surface area contributed by atoms with Gasteiger partial charge in [0.25, 0.3) is 5.56 Å². The molecule has 1 aliphatic rings. The lowest BCUT2D eigenvalue weighted by atomic mass is 9.90. The Hall–Kier alpha value is -3.11. The number of nitrogens with one attached hydrogen (secondary N) is 1. The second-order valence-corrected chi connectivity index (χ2v) is 6.55. The number of aromatic nitrogens is 2. The summed E-state index contributed by atoms with van der Waals surface area (Å²) in [6, 6.07) is 14.7. The number of rotatable bonds is 2. The quantitative estimate of drug-likeness (QED) is 0.692. The molecule has 26 heavy (non-hydrogen) atoms. The van der Waals surface area contributed by atoms with Crippen molar-refractivity contribution in [1.82, 2.24) is 9.78 Å². The van der Waals surface area contributed by atoms with Gasteiger partial charge < -0.3 is 0 Å². The third kappa shape index (κ3) is 2.74. The number of carbonyl (C=O) groups is 1. The number of aryl methyl sites for hydroxylation is 1. The summed E-state index contributed by atoms with van der Waals surface area (Å²) in [7, 11) is 0. The molecule has 0 saturated heterocycles. The van der Waals surface area contributed by atoms with Gasteiger partial charge in [-0.05, 0) is 48.4 Å². The number of benzene rings is 2. The Morgan fingerprint density at radius 2 is 1.85 bits per heavy atom. The van der Waals surface area contributed by atoms with Crippen LogP contribution in [0.4, 0.5) is 0 Å². The van der Waals surface area contributed by atoms with Crippen molar-refractivity contribution < 1.29 is 4.79 Å². The van der Waals surface area contributed by atoms with Crippen LogP contribution in [-0.4, -0.2) is 15.6 Å². The van der Waals surface area contributed by atoms with E-state index in [9.17, 15) is 9.59 Å². The molecule has 1 aromatic heterocycles. The third-order valence-corrected chi connectivity index (χ3v) is 4.64. The predicted molar refractivity (Wildman–Crippen MR) is 104 cm³/mol. The summed E-state index contributed by atoms with van der Waals surface area (Å²) < 4.78 is 1.43. The summed E-state index contributed by atoms with van der Waals surface area (Å²) in [5, 5.41) is 3.60. The molecule has 0 aliphatic heterocycles. The van der Waals surface area contributed by atoms with Crippen molar-refractivity contribution in [3.8, 4) is 5.69 Å². The van der Waals surface area contributed by atoms with Crippen LogP contribution in [0, 0.1) is 6.92 Å². The average Bonchev–Trinajstić information content (AvgIpc) is 2.92. The van der Waals surface area contributed by atoms with E-state index in [2.05, 4.69) is 5.10 Å². The number of allylic oxidation sites excluding steroid dienone is 2. The van der Waals surface area contributed by atoms with Crippen LogP contribution in [0.15, 0.2) is 59.4 Å². The fraction of sp³-hybridized carbons (Fsp3) is 0.0476. The molecule has 4 nitrogen and oxygen atoms in total. The summed E-state index contributed by atoms with van der Waals surface area (Å²) in [5.41, 5.74) is 3.86. The van der Waals surface area contributed by atoms with Gasteiger partial charge in [0.2, 0.25) is 0 Å². The summed E-state index contributed by atoms with van der Waals surface area (Å²) in [4.78, 5) is 25.3. The van der Waals surface area contributed by atoms with E-state index in [1.807, 2.05) is 31.2 Å². The molecule has 0 bridgehead atoms. The van der Waals surface area contributed by atoms with Gasteiger partial charge in [0, 0.05) is 16.3 Å². The molecule has 2 aromatic carbocycles. The SMILES string of the molecule is Cc1[nH]n(-c2cccc(Cl)c2)c(=O)c1C=C1C(=O)C=Cc2ccccc21. The van der Waals surface area contributed by atoms with Gasteiger partial charge in [-0.15, -0.1) is 0 Å². The maximum absolute atomic E-state index is 12.9. The Labute approximate surface area is 155 Å². The number of ketones is 1. The lowest BCUT2D eigenvalue weighted by Gasteiger charge is -2.12. The highest BCUT2D eigenvalue weighted by Gasteiger charge is 2.19. The average molecular weight is 363 g/mol. The van der Waals surface area contributed by atoms with Gasteiger partial charge in [0.1, 0.15) is 0 Å². The van der Waals surface area contributed by atoms with Crippen molar-refractivity contribution in [1.29, 1.82) is 0 Å². The van der Waals surface area contributed by atoms with E-state index in [4.69, 9.17) is 11.6 Å². The number of hydrogen-bond donors (Lipinski definition) is 1. The van der Waals surface area contributed by atoms with Crippen molar-refractivity contribution >= 4 is 35.1 Å². The molecule has 4 rings (SSSR count). The highest BCUT2D eigenvalue weighted by atomic mass is 35.5. The largest absolute Gasteiger partial charge is 0.295 e. The minimum absolute atomic E-state index is 0.113. The first-order valence-corrected chi connectivity index (χ1v) is 8.53. The number of fused-ring (bicyclic) bond motifs is 1. The topological polar surface area (TPSA) is 54.9 Å². The molecule has 0 spiro atoms. The highest BCUT2D eigenvalue weighted by molar-refractivity contribution is 6.33. The lowest BCUT2D eigenvalue weighted by Crippen LogP contribution is -2.16.